The number of hydrogen-bond donors (Lipinski definition) is 2. The molecule has 4 N–H and O–H groups in total. The number of halogens is 1. The van der Waals surface area contributed by atoms with E-state index in [1.165, 1.54) is 6.07 Å². The van der Waals surface area contributed by atoms with Crippen molar-refractivity contribution < 1.29 is 4.39 Å². The number of imidazole rings is 1. The van der Waals surface area contributed by atoms with Crippen LogP contribution in [0.2, 0.25) is 0 Å². The molecule has 0 aliphatic heterocycles. The number of fused-ring (bicyclic) bond motifs is 1. The molecule has 0 saturated heterocycles. The molecule has 0 atom stereocenters. The van der Waals surface area contributed by atoms with Crippen molar-refractivity contribution >= 4 is 17.0 Å². The first kappa shape index (κ1) is 20.1. The molecule has 0 radical (unpaired) electrons. The standard InChI is InChI=1S/C22H19FN4.C2H6/c1-14(24)21-12-26-22-9-7-17(13-27(21)22)18-11-15(6-8-20(18)25)10-16-4-2-3-5-19(16)23;1-2/h2-9,11-13H,1,10,24-25H2;1-2H3. The fraction of sp³-hybridized carbons (Fsp3) is 0.125. The lowest BCUT2D eigenvalue weighted by atomic mass is 9.98. The molecule has 2 aromatic carbocycles. The van der Waals surface area contributed by atoms with Gasteiger partial charge in [0.1, 0.15) is 11.5 Å². The summed E-state index contributed by atoms with van der Waals surface area (Å²) in [6.07, 6.45) is 4.13. The van der Waals surface area contributed by atoms with E-state index in [1.54, 1.807) is 18.3 Å². The highest BCUT2D eigenvalue weighted by Gasteiger charge is 2.10. The van der Waals surface area contributed by atoms with Gasteiger partial charge in [-0.05, 0) is 41.5 Å². The molecule has 0 fully saturated rings. The van der Waals surface area contributed by atoms with Gasteiger partial charge in [-0.2, -0.15) is 0 Å². The van der Waals surface area contributed by atoms with Gasteiger partial charge in [0.05, 0.1) is 17.6 Å². The maximum Gasteiger partial charge on any atom is 0.137 e. The van der Waals surface area contributed by atoms with E-state index in [1.807, 2.05) is 60.8 Å². The summed E-state index contributed by atoms with van der Waals surface area (Å²) in [7, 11) is 0. The summed E-state index contributed by atoms with van der Waals surface area (Å²) < 4.78 is 15.9. The van der Waals surface area contributed by atoms with Crippen molar-refractivity contribution in [1.29, 1.82) is 0 Å². The van der Waals surface area contributed by atoms with E-state index < -0.39 is 0 Å². The Bertz CT molecular complexity index is 1160. The Morgan fingerprint density at radius 3 is 2.59 bits per heavy atom. The highest BCUT2D eigenvalue weighted by atomic mass is 19.1. The molecule has 0 spiro atoms. The zero-order valence-electron chi connectivity index (χ0n) is 16.7. The third kappa shape index (κ3) is 4.14. The Labute approximate surface area is 170 Å². The second-order valence-corrected chi connectivity index (χ2v) is 6.50. The predicted octanol–water partition coefficient (Wildman–Crippen LogP) is 5.27. The van der Waals surface area contributed by atoms with Gasteiger partial charge < -0.3 is 11.5 Å². The summed E-state index contributed by atoms with van der Waals surface area (Å²) in [5.41, 5.74) is 18.1. The molecule has 0 saturated carbocycles. The number of nitrogens with two attached hydrogens (primary N) is 2. The van der Waals surface area contributed by atoms with Crippen molar-refractivity contribution in [3.63, 3.8) is 0 Å². The number of nitrogens with zero attached hydrogens (tertiary/aromatic N) is 2. The summed E-state index contributed by atoms with van der Waals surface area (Å²) in [5, 5.41) is 0. The monoisotopic (exact) mass is 388 g/mol. The maximum absolute atomic E-state index is 14.0. The van der Waals surface area contributed by atoms with Gasteiger partial charge in [0, 0.05) is 29.4 Å². The smallest absolute Gasteiger partial charge is 0.137 e. The molecule has 0 aliphatic rings. The van der Waals surface area contributed by atoms with E-state index in [0.29, 0.717) is 23.4 Å². The molecule has 0 aliphatic carbocycles. The van der Waals surface area contributed by atoms with Gasteiger partial charge in [-0.15, -0.1) is 0 Å². The number of rotatable bonds is 4. The molecule has 29 heavy (non-hydrogen) atoms. The first-order chi connectivity index (χ1) is 14.0. The second-order valence-electron chi connectivity index (χ2n) is 6.50. The molecular weight excluding hydrogens is 363 g/mol. The molecule has 5 heteroatoms. The zero-order valence-corrected chi connectivity index (χ0v) is 16.7. The molecule has 4 aromatic rings. The third-order valence-corrected chi connectivity index (χ3v) is 4.62. The van der Waals surface area contributed by atoms with Crippen LogP contribution in [0.4, 0.5) is 10.1 Å². The van der Waals surface area contributed by atoms with Gasteiger partial charge in [0.25, 0.3) is 0 Å². The van der Waals surface area contributed by atoms with Crippen LogP contribution in [-0.4, -0.2) is 9.38 Å². The molecule has 0 bridgehead atoms. The van der Waals surface area contributed by atoms with Gasteiger partial charge in [-0.25, -0.2) is 9.37 Å². The van der Waals surface area contributed by atoms with Crippen molar-refractivity contribution in [3.8, 4) is 11.1 Å². The summed E-state index contributed by atoms with van der Waals surface area (Å²) in [4.78, 5) is 4.33. The van der Waals surface area contributed by atoms with Crippen molar-refractivity contribution in [2.24, 2.45) is 5.73 Å². The fourth-order valence-electron chi connectivity index (χ4n) is 3.20. The number of benzene rings is 2. The second kappa shape index (κ2) is 8.61. The van der Waals surface area contributed by atoms with E-state index in [2.05, 4.69) is 11.6 Å². The first-order valence-corrected chi connectivity index (χ1v) is 9.57. The normalized spacial score (nSPS) is 10.4. The van der Waals surface area contributed by atoms with E-state index in [-0.39, 0.29) is 5.82 Å². The molecule has 4 rings (SSSR count). The van der Waals surface area contributed by atoms with Crippen LogP contribution in [0.5, 0.6) is 0 Å². The summed E-state index contributed by atoms with van der Waals surface area (Å²) in [5.74, 6) is -0.207. The topological polar surface area (TPSA) is 69.3 Å². The van der Waals surface area contributed by atoms with E-state index >= 15 is 0 Å². The lowest BCUT2D eigenvalue weighted by Gasteiger charge is -2.11. The fourth-order valence-corrected chi connectivity index (χ4v) is 3.20. The minimum atomic E-state index is -0.207. The Morgan fingerprint density at radius 1 is 1.10 bits per heavy atom. The quantitative estimate of drug-likeness (QED) is 0.468. The van der Waals surface area contributed by atoms with Gasteiger partial charge >= 0.3 is 0 Å². The van der Waals surface area contributed by atoms with Crippen molar-refractivity contribution in [3.05, 3.63) is 96.2 Å². The van der Waals surface area contributed by atoms with E-state index in [9.17, 15) is 4.39 Å². The van der Waals surface area contributed by atoms with E-state index in [0.717, 1.165) is 28.0 Å². The number of aromatic nitrogens is 2. The SMILES string of the molecule is C=C(N)c1cnc2ccc(-c3cc(Cc4ccccc4F)ccc3N)cn12.CC. The van der Waals surface area contributed by atoms with E-state index in [4.69, 9.17) is 11.5 Å². The number of pyridine rings is 1. The lowest BCUT2D eigenvalue weighted by molar-refractivity contribution is 0.614. The highest BCUT2D eigenvalue weighted by molar-refractivity contribution is 5.78. The summed E-state index contributed by atoms with van der Waals surface area (Å²) in [6, 6.07) is 16.4. The average molecular weight is 388 g/mol. The third-order valence-electron chi connectivity index (χ3n) is 4.62. The molecule has 0 unspecified atom stereocenters. The molecule has 148 valence electrons. The van der Waals surface area contributed by atoms with Gasteiger partial charge in [-0.3, -0.25) is 4.40 Å². The van der Waals surface area contributed by atoms with Crippen LogP contribution in [-0.2, 0) is 6.42 Å². The first-order valence-electron chi connectivity index (χ1n) is 9.57. The van der Waals surface area contributed by atoms with Crippen LogP contribution in [0, 0.1) is 5.82 Å². The predicted molar refractivity (Wildman–Crippen MR) is 119 cm³/mol. The van der Waals surface area contributed by atoms with Gasteiger partial charge in [0.15, 0.2) is 0 Å². The van der Waals surface area contributed by atoms with Crippen LogP contribution >= 0.6 is 0 Å². The summed E-state index contributed by atoms with van der Waals surface area (Å²) >= 11 is 0. The van der Waals surface area contributed by atoms with Gasteiger partial charge in [-0.1, -0.05) is 44.7 Å². The van der Waals surface area contributed by atoms with Crippen LogP contribution < -0.4 is 11.5 Å². The molecular formula is C24H25FN4. The zero-order chi connectivity index (χ0) is 21.0. The van der Waals surface area contributed by atoms with Crippen LogP contribution in [0.1, 0.15) is 30.7 Å². The van der Waals surface area contributed by atoms with Crippen molar-refractivity contribution in [2.75, 3.05) is 5.73 Å². The Morgan fingerprint density at radius 2 is 1.86 bits per heavy atom. The molecule has 2 aromatic heterocycles. The van der Waals surface area contributed by atoms with Crippen molar-refractivity contribution in [2.45, 2.75) is 20.3 Å². The Hall–Kier alpha value is -3.60. The minimum absolute atomic E-state index is 0.207. The Kier molecular flexibility index (Phi) is 5.98. The lowest BCUT2D eigenvalue weighted by Crippen LogP contribution is -2.00. The average Bonchev–Trinajstić information content (AvgIpc) is 3.16. The Balaban J connectivity index is 0.00000117. The van der Waals surface area contributed by atoms with Crippen LogP contribution in [0.3, 0.4) is 0 Å². The van der Waals surface area contributed by atoms with Crippen LogP contribution in [0.15, 0.2) is 73.6 Å². The minimum Gasteiger partial charge on any atom is -0.398 e. The summed E-state index contributed by atoms with van der Waals surface area (Å²) in [6.45, 7) is 7.79. The molecule has 4 nitrogen and oxygen atoms in total. The number of nitrogen functional groups attached to an aromatic ring is 1. The number of hydrogen-bond acceptors (Lipinski definition) is 3. The van der Waals surface area contributed by atoms with Gasteiger partial charge in [0.2, 0.25) is 0 Å². The maximum atomic E-state index is 14.0. The number of anilines is 1. The largest absolute Gasteiger partial charge is 0.398 e. The highest BCUT2D eigenvalue weighted by Crippen LogP contribution is 2.29. The molecule has 2 heterocycles. The van der Waals surface area contributed by atoms with Crippen molar-refractivity contribution in [1.82, 2.24) is 9.38 Å². The molecule has 0 amide bonds. The van der Waals surface area contributed by atoms with Crippen LogP contribution in [0.25, 0.3) is 22.5 Å².